The normalized spacial score (nSPS) is 14.3. The number of hydrogen-bond acceptors (Lipinski definition) is 4. The minimum absolute atomic E-state index is 0.0224. The van der Waals surface area contributed by atoms with Crippen LogP contribution < -0.4 is 4.74 Å². The van der Waals surface area contributed by atoms with Crippen LogP contribution in [0.3, 0.4) is 0 Å². The molecule has 2 aromatic rings. The maximum absolute atomic E-state index is 12.5. The van der Waals surface area contributed by atoms with Gasteiger partial charge in [0.25, 0.3) is 0 Å². The van der Waals surface area contributed by atoms with E-state index in [9.17, 15) is 9.59 Å². The number of ketones is 1. The summed E-state index contributed by atoms with van der Waals surface area (Å²) in [4.78, 5) is 24.6. The molecule has 0 saturated heterocycles. The molecular formula is C24H28O4. The fraction of sp³-hybridized carbons (Fsp3) is 0.417. The number of hydrogen-bond donors (Lipinski definition) is 0. The van der Waals surface area contributed by atoms with Crippen molar-refractivity contribution in [1.82, 2.24) is 0 Å². The van der Waals surface area contributed by atoms with E-state index in [4.69, 9.17) is 9.47 Å². The van der Waals surface area contributed by atoms with Gasteiger partial charge in [-0.2, -0.15) is 0 Å². The van der Waals surface area contributed by atoms with Crippen molar-refractivity contribution in [3.05, 3.63) is 64.7 Å². The number of benzene rings is 2. The lowest BCUT2D eigenvalue weighted by atomic mass is 9.86. The van der Waals surface area contributed by atoms with Crippen LogP contribution in [0.1, 0.15) is 61.2 Å². The van der Waals surface area contributed by atoms with Crippen LogP contribution in [-0.2, 0) is 27.8 Å². The molecule has 0 spiro atoms. The topological polar surface area (TPSA) is 52.6 Å². The molecule has 0 amide bonds. The standard InChI is InChI=1S/C24H28O4/c1-16(23(26)18-8-11-20(12-9-18)24(2,3)4)28-22(25)15-27-21-13-10-17-6-5-7-19(17)14-21/h8-14,16H,5-7,15H2,1-4H3/t16-/m1/s1. The summed E-state index contributed by atoms with van der Waals surface area (Å²) in [5.74, 6) is -0.103. The Morgan fingerprint density at radius 2 is 1.68 bits per heavy atom. The monoisotopic (exact) mass is 380 g/mol. The van der Waals surface area contributed by atoms with Gasteiger partial charge in [0.15, 0.2) is 12.7 Å². The van der Waals surface area contributed by atoms with Gasteiger partial charge in [-0.25, -0.2) is 4.79 Å². The van der Waals surface area contributed by atoms with Crippen LogP contribution in [0.15, 0.2) is 42.5 Å². The maximum Gasteiger partial charge on any atom is 0.344 e. The van der Waals surface area contributed by atoms with E-state index in [1.54, 1.807) is 19.1 Å². The molecule has 0 heterocycles. The first kappa shape index (κ1) is 20.1. The zero-order valence-electron chi connectivity index (χ0n) is 17.1. The third-order valence-electron chi connectivity index (χ3n) is 5.14. The SMILES string of the molecule is C[C@@H](OC(=O)COc1ccc2c(c1)CCC2)C(=O)c1ccc(C(C)(C)C)cc1. The molecule has 148 valence electrons. The Morgan fingerprint density at radius 3 is 2.36 bits per heavy atom. The lowest BCUT2D eigenvalue weighted by Gasteiger charge is -2.19. The van der Waals surface area contributed by atoms with Crippen LogP contribution in [-0.4, -0.2) is 24.5 Å². The van der Waals surface area contributed by atoms with Crippen LogP contribution in [0.25, 0.3) is 0 Å². The van der Waals surface area contributed by atoms with Gasteiger partial charge in [-0.05, 0) is 60.4 Å². The van der Waals surface area contributed by atoms with Gasteiger partial charge in [-0.1, -0.05) is 51.1 Å². The highest BCUT2D eigenvalue weighted by atomic mass is 16.6. The summed E-state index contributed by atoms with van der Waals surface area (Å²) in [6, 6.07) is 13.4. The fourth-order valence-corrected chi connectivity index (χ4v) is 3.43. The molecule has 1 atom stereocenters. The highest BCUT2D eigenvalue weighted by molar-refractivity contribution is 6.00. The first-order valence-corrected chi connectivity index (χ1v) is 9.83. The molecule has 4 heteroatoms. The van der Waals surface area contributed by atoms with Crippen molar-refractivity contribution < 1.29 is 19.1 Å². The van der Waals surface area contributed by atoms with Gasteiger partial charge < -0.3 is 9.47 Å². The van der Waals surface area contributed by atoms with E-state index in [1.165, 1.54) is 11.1 Å². The van der Waals surface area contributed by atoms with E-state index in [0.29, 0.717) is 11.3 Å². The van der Waals surface area contributed by atoms with Gasteiger partial charge in [0, 0.05) is 5.56 Å². The summed E-state index contributed by atoms with van der Waals surface area (Å²) in [6.07, 6.45) is 2.47. The van der Waals surface area contributed by atoms with Crippen LogP contribution in [0.4, 0.5) is 0 Å². The molecule has 0 saturated carbocycles. The number of rotatable bonds is 6. The Labute approximate surface area is 166 Å². The van der Waals surface area contributed by atoms with Crippen LogP contribution in [0.2, 0.25) is 0 Å². The molecule has 0 radical (unpaired) electrons. The molecule has 0 unspecified atom stereocenters. The van der Waals surface area contributed by atoms with Crippen molar-refractivity contribution in [3.63, 3.8) is 0 Å². The summed E-state index contributed by atoms with van der Waals surface area (Å²) < 4.78 is 10.8. The summed E-state index contributed by atoms with van der Waals surface area (Å²) in [6.45, 7) is 7.74. The van der Waals surface area contributed by atoms with E-state index < -0.39 is 12.1 Å². The highest BCUT2D eigenvalue weighted by Crippen LogP contribution is 2.26. The van der Waals surface area contributed by atoms with Gasteiger partial charge in [-0.15, -0.1) is 0 Å². The molecular weight excluding hydrogens is 352 g/mol. The zero-order chi connectivity index (χ0) is 20.3. The maximum atomic E-state index is 12.5. The Balaban J connectivity index is 1.52. The second kappa shape index (κ2) is 8.17. The van der Waals surface area contributed by atoms with Crippen molar-refractivity contribution in [2.45, 2.75) is 58.5 Å². The Hall–Kier alpha value is -2.62. The number of aryl methyl sites for hydroxylation is 2. The first-order chi connectivity index (χ1) is 13.2. The zero-order valence-corrected chi connectivity index (χ0v) is 17.1. The molecule has 4 nitrogen and oxygen atoms in total. The van der Waals surface area contributed by atoms with Crippen molar-refractivity contribution in [1.29, 1.82) is 0 Å². The number of ether oxygens (including phenoxy) is 2. The lowest BCUT2D eigenvalue weighted by molar-refractivity contribution is -0.148. The molecule has 1 aliphatic carbocycles. The van der Waals surface area contributed by atoms with Crippen LogP contribution in [0.5, 0.6) is 5.75 Å². The highest BCUT2D eigenvalue weighted by Gasteiger charge is 2.21. The predicted octanol–water partition coefficient (Wildman–Crippen LogP) is 4.67. The fourth-order valence-electron chi connectivity index (χ4n) is 3.43. The number of fused-ring (bicyclic) bond motifs is 1. The minimum atomic E-state index is -0.850. The Bertz CT molecular complexity index is 859. The molecule has 3 rings (SSSR count). The second-order valence-corrected chi connectivity index (χ2v) is 8.40. The average molecular weight is 380 g/mol. The van der Waals surface area contributed by atoms with Crippen molar-refractivity contribution in [3.8, 4) is 5.75 Å². The van der Waals surface area contributed by atoms with E-state index in [0.717, 1.165) is 24.8 Å². The lowest BCUT2D eigenvalue weighted by Crippen LogP contribution is -2.27. The quantitative estimate of drug-likeness (QED) is 0.540. The number of carbonyl (C=O) groups excluding carboxylic acids is 2. The summed E-state index contributed by atoms with van der Waals surface area (Å²) in [5, 5.41) is 0. The Morgan fingerprint density at radius 1 is 1.00 bits per heavy atom. The van der Waals surface area contributed by atoms with Crippen molar-refractivity contribution >= 4 is 11.8 Å². The van der Waals surface area contributed by atoms with Crippen molar-refractivity contribution in [2.75, 3.05) is 6.61 Å². The largest absolute Gasteiger partial charge is 0.482 e. The van der Waals surface area contributed by atoms with Crippen LogP contribution >= 0.6 is 0 Å². The van der Waals surface area contributed by atoms with E-state index in [1.807, 2.05) is 24.3 Å². The smallest absolute Gasteiger partial charge is 0.344 e. The summed E-state index contributed by atoms with van der Waals surface area (Å²) in [7, 11) is 0. The van der Waals surface area contributed by atoms with Gasteiger partial charge in [0.1, 0.15) is 5.75 Å². The van der Waals surface area contributed by atoms with Gasteiger partial charge in [-0.3, -0.25) is 4.79 Å². The third-order valence-corrected chi connectivity index (χ3v) is 5.14. The molecule has 1 aliphatic rings. The first-order valence-electron chi connectivity index (χ1n) is 9.83. The molecule has 0 aromatic heterocycles. The molecule has 2 aromatic carbocycles. The van der Waals surface area contributed by atoms with Crippen molar-refractivity contribution in [2.24, 2.45) is 0 Å². The number of Topliss-reactive ketones (excluding diaryl/α,β-unsaturated/α-hetero) is 1. The molecule has 0 aliphatic heterocycles. The summed E-state index contributed by atoms with van der Waals surface area (Å²) >= 11 is 0. The van der Waals surface area contributed by atoms with E-state index in [-0.39, 0.29) is 17.8 Å². The van der Waals surface area contributed by atoms with Crippen LogP contribution in [0, 0.1) is 0 Å². The van der Waals surface area contributed by atoms with Gasteiger partial charge in [0.05, 0.1) is 0 Å². The molecule has 0 fully saturated rings. The van der Waals surface area contributed by atoms with Gasteiger partial charge in [0.2, 0.25) is 5.78 Å². The molecule has 28 heavy (non-hydrogen) atoms. The van der Waals surface area contributed by atoms with E-state index >= 15 is 0 Å². The van der Waals surface area contributed by atoms with E-state index in [2.05, 4.69) is 26.8 Å². The number of carbonyl (C=O) groups is 2. The molecule has 0 N–H and O–H groups in total. The third kappa shape index (κ3) is 4.80. The number of esters is 1. The van der Waals surface area contributed by atoms with Gasteiger partial charge >= 0.3 is 5.97 Å². The predicted molar refractivity (Wildman–Crippen MR) is 109 cm³/mol. The minimum Gasteiger partial charge on any atom is -0.482 e. The Kier molecular flexibility index (Phi) is 5.87. The average Bonchev–Trinajstić information content (AvgIpc) is 3.13. The molecule has 0 bridgehead atoms. The summed E-state index contributed by atoms with van der Waals surface area (Å²) in [5.41, 5.74) is 4.35. The second-order valence-electron chi connectivity index (χ2n) is 8.40.